The maximum atomic E-state index is 4.45. The fourth-order valence-electron chi connectivity index (χ4n) is 1.62. The Labute approximate surface area is 102 Å². The highest BCUT2D eigenvalue weighted by Gasteiger charge is 1.99. The summed E-state index contributed by atoms with van der Waals surface area (Å²) in [6, 6.07) is 20.2. The van der Waals surface area contributed by atoms with Gasteiger partial charge in [0, 0.05) is 0 Å². The number of nitrogens with one attached hydrogen (secondary N) is 1. The van der Waals surface area contributed by atoms with E-state index in [1.54, 1.807) is 0 Å². The van der Waals surface area contributed by atoms with Gasteiger partial charge in [-0.3, -0.25) is 5.43 Å². The lowest BCUT2D eigenvalue weighted by molar-refractivity contribution is 1.22. The maximum absolute atomic E-state index is 4.45. The molecule has 0 atom stereocenters. The molecule has 1 N–H and O–H groups in total. The molecule has 2 rings (SSSR count). The Bertz CT molecular complexity index is 475. The summed E-state index contributed by atoms with van der Waals surface area (Å²) in [5, 5.41) is 4.45. The number of nitrogens with zero attached hydrogens (tertiary/aromatic N) is 1. The van der Waals surface area contributed by atoms with Crippen LogP contribution in [0.2, 0.25) is 0 Å². The highest BCUT2D eigenvalue weighted by molar-refractivity contribution is 6.00. The minimum atomic E-state index is 0.907. The van der Waals surface area contributed by atoms with Crippen molar-refractivity contribution in [2.45, 2.75) is 13.3 Å². The van der Waals surface area contributed by atoms with Crippen molar-refractivity contribution >= 4 is 11.4 Å². The Balaban J connectivity index is 2.14. The van der Waals surface area contributed by atoms with Gasteiger partial charge >= 0.3 is 0 Å². The lowest BCUT2D eigenvalue weighted by atomic mass is 10.1. The smallest absolute Gasteiger partial charge is 0.0676 e. The molecule has 0 saturated carbocycles. The first kappa shape index (κ1) is 11.4. The van der Waals surface area contributed by atoms with Crippen molar-refractivity contribution in [3.63, 3.8) is 0 Å². The van der Waals surface area contributed by atoms with Gasteiger partial charge in [-0.25, -0.2) is 0 Å². The normalized spacial score (nSPS) is 11.2. The highest BCUT2D eigenvalue weighted by atomic mass is 15.3. The molecular weight excluding hydrogens is 208 g/mol. The number of hydrogen-bond donors (Lipinski definition) is 1. The third-order valence-corrected chi connectivity index (χ3v) is 2.54. The minimum absolute atomic E-state index is 0.907. The topological polar surface area (TPSA) is 24.4 Å². The summed E-state index contributed by atoms with van der Waals surface area (Å²) in [5.41, 5.74) is 6.32. The summed E-state index contributed by atoms with van der Waals surface area (Å²) in [4.78, 5) is 0. The van der Waals surface area contributed by atoms with E-state index < -0.39 is 0 Å². The third-order valence-electron chi connectivity index (χ3n) is 2.54. The Hall–Kier alpha value is -2.09. The Kier molecular flexibility index (Phi) is 3.92. The first-order valence-electron chi connectivity index (χ1n) is 5.83. The van der Waals surface area contributed by atoms with Crippen molar-refractivity contribution in [2.75, 3.05) is 5.43 Å². The van der Waals surface area contributed by atoms with Gasteiger partial charge in [-0.1, -0.05) is 55.5 Å². The summed E-state index contributed by atoms with van der Waals surface area (Å²) < 4.78 is 0. The fraction of sp³-hybridized carbons (Fsp3) is 0.133. The molecule has 17 heavy (non-hydrogen) atoms. The van der Waals surface area contributed by atoms with Crippen LogP contribution >= 0.6 is 0 Å². The molecule has 0 bridgehead atoms. The van der Waals surface area contributed by atoms with Crippen LogP contribution in [0.4, 0.5) is 5.69 Å². The van der Waals surface area contributed by atoms with E-state index in [1.165, 1.54) is 5.56 Å². The molecule has 0 amide bonds. The predicted octanol–water partition coefficient (Wildman–Crippen LogP) is 3.91. The van der Waals surface area contributed by atoms with E-state index in [-0.39, 0.29) is 0 Å². The molecule has 0 heterocycles. The second-order valence-electron chi connectivity index (χ2n) is 3.76. The largest absolute Gasteiger partial charge is 0.278 e. The van der Waals surface area contributed by atoms with E-state index in [0.717, 1.165) is 17.8 Å². The highest BCUT2D eigenvalue weighted by Crippen LogP contribution is 2.08. The molecule has 2 nitrogen and oxygen atoms in total. The second-order valence-corrected chi connectivity index (χ2v) is 3.76. The minimum Gasteiger partial charge on any atom is -0.278 e. The molecule has 0 fully saturated rings. The molecule has 2 aromatic carbocycles. The van der Waals surface area contributed by atoms with Crippen molar-refractivity contribution in [3.8, 4) is 0 Å². The van der Waals surface area contributed by atoms with Crippen molar-refractivity contribution in [3.05, 3.63) is 66.2 Å². The van der Waals surface area contributed by atoms with E-state index in [2.05, 4.69) is 29.6 Å². The second kappa shape index (κ2) is 5.85. The summed E-state index contributed by atoms with van der Waals surface area (Å²) in [7, 11) is 0. The monoisotopic (exact) mass is 224 g/mol. The van der Waals surface area contributed by atoms with Gasteiger partial charge in [0.1, 0.15) is 0 Å². The SMILES string of the molecule is CC/C(=N\Nc1ccccc1)c1ccccc1. The molecule has 2 aromatic rings. The van der Waals surface area contributed by atoms with Crippen molar-refractivity contribution in [1.29, 1.82) is 0 Å². The van der Waals surface area contributed by atoms with Crippen LogP contribution in [0.1, 0.15) is 18.9 Å². The third kappa shape index (κ3) is 3.18. The van der Waals surface area contributed by atoms with Gasteiger partial charge in [0.15, 0.2) is 0 Å². The van der Waals surface area contributed by atoms with Gasteiger partial charge in [0.2, 0.25) is 0 Å². The van der Waals surface area contributed by atoms with Crippen LogP contribution in [0, 0.1) is 0 Å². The van der Waals surface area contributed by atoms with Crippen LogP contribution in [-0.4, -0.2) is 5.71 Å². The quantitative estimate of drug-likeness (QED) is 0.618. The van der Waals surface area contributed by atoms with E-state index in [0.29, 0.717) is 0 Å². The summed E-state index contributed by atoms with van der Waals surface area (Å²) in [6.45, 7) is 2.11. The average molecular weight is 224 g/mol. The molecule has 0 aromatic heterocycles. The van der Waals surface area contributed by atoms with Crippen LogP contribution in [0.15, 0.2) is 65.8 Å². The Morgan fingerprint density at radius 2 is 1.53 bits per heavy atom. The molecular formula is C15H16N2. The summed E-state index contributed by atoms with van der Waals surface area (Å²) >= 11 is 0. The summed E-state index contributed by atoms with van der Waals surface area (Å²) in [6.07, 6.45) is 0.907. The molecule has 0 unspecified atom stereocenters. The van der Waals surface area contributed by atoms with E-state index >= 15 is 0 Å². The predicted molar refractivity (Wildman–Crippen MR) is 73.3 cm³/mol. The van der Waals surface area contributed by atoms with Crippen LogP contribution in [0.5, 0.6) is 0 Å². The first-order valence-corrected chi connectivity index (χ1v) is 5.83. The van der Waals surface area contributed by atoms with Gasteiger partial charge in [-0.15, -0.1) is 0 Å². The Morgan fingerprint density at radius 3 is 2.12 bits per heavy atom. The molecule has 0 radical (unpaired) electrons. The van der Waals surface area contributed by atoms with Gasteiger partial charge < -0.3 is 0 Å². The molecule has 86 valence electrons. The standard InChI is InChI=1S/C15H16N2/c1-2-15(13-9-5-3-6-10-13)17-16-14-11-7-4-8-12-14/h3-12,16H,2H2,1H3/b17-15+. The number of benzene rings is 2. The van der Waals surface area contributed by atoms with Crippen LogP contribution < -0.4 is 5.43 Å². The summed E-state index contributed by atoms with van der Waals surface area (Å²) in [5.74, 6) is 0. The van der Waals surface area contributed by atoms with Crippen LogP contribution in [0.25, 0.3) is 0 Å². The lowest BCUT2D eigenvalue weighted by Gasteiger charge is -2.05. The van der Waals surface area contributed by atoms with E-state index in [1.807, 2.05) is 48.5 Å². The number of para-hydroxylation sites is 1. The molecule has 0 aliphatic heterocycles. The molecule has 2 heteroatoms. The number of hydrogen-bond acceptors (Lipinski definition) is 2. The number of anilines is 1. The zero-order valence-electron chi connectivity index (χ0n) is 9.93. The van der Waals surface area contributed by atoms with Crippen molar-refractivity contribution < 1.29 is 0 Å². The molecule has 0 saturated heterocycles. The van der Waals surface area contributed by atoms with Crippen molar-refractivity contribution in [2.24, 2.45) is 5.10 Å². The van der Waals surface area contributed by atoms with Gasteiger partial charge in [-0.2, -0.15) is 5.10 Å². The number of rotatable bonds is 4. The first-order chi connectivity index (χ1) is 8.40. The fourth-order valence-corrected chi connectivity index (χ4v) is 1.62. The Morgan fingerprint density at radius 1 is 0.941 bits per heavy atom. The van der Waals surface area contributed by atoms with Gasteiger partial charge in [-0.05, 0) is 24.1 Å². The number of hydrazone groups is 1. The zero-order valence-corrected chi connectivity index (χ0v) is 9.93. The maximum Gasteiger partial charge on any atom is 0.0676 e. The molecule has 0 aliphatic rings. The average Bonchev–Trinajstić information content (AvgIpc) is 2.42. The van der Waals surface area contributed by atoms with Gasteiger partial charge in [0.05, 0.1) is 11.4 Å². The van der Waals surface area contributed by atoms with E-state index in [4.69, 9.17) is 0 Å². The van der Waals surface area contributed by atoms with Crippen LogP contribution in [0.3, 0.4) is 0 Å². The molecule has 0 spiro atoms. The molecule has 0 aliphatic carbocycles. The lowest BCUT2D eigenvalue weighted by Crippen LogP contribution is -2.02. The van der Waals surface area contributed by atoms with Crippen molar-refractivity contribution in [1.82, 2.24) is 0 Å². The van der Waals surface area contributed by atoms with Crippen LogP contribution in [-0.2, 0) is 0 Å². The van der Waals surface area contributed by atoms with E-state index in [9.17, 15) is 0 Å². The van der Waals surface area contributed by atoms with Gasteiger partial charge in [0.25, 0.3) is 0 Å². The zero-order chi connectivity index (χ0) is 11.9.